The van der Waals surface area contributed by atoms with Crippen molar-refractivity contribution in [3.63, 3.8) is 0 Å². The number of imidazole rings is 1. The van der Waals surface area contributed by atoms with Gasteiger partial charge in [-0.3, -0.25) is 0 Å². The minimum Gasteiger partial charge on any atom is -0.496 e. The van der Waals surface area contributed by atoms with Gasteiger partial charge in [0.05, 0.1) is 23.7 Å². The van der Waals surface area contributed by atoms with Crippen molar-refractivity contribution in [2.45, 2.75) is 13.0 Å². The zero-order valence-corrected chi connectivity index (χ0v) is 13.0. The first-order chi connectivity index (χ1) is 11.1. The number of nitrogens with one attached hydrogen (secondary N) is 1. The maximum atomic E-state index is 5.80. The van der Waals surface area contributed by atoms with Gasteiger partial charge < -0.3 is 20.2 Å². The summed E-state index contributed by atoms with van der Waals surface area (Å²) in [4.78, 5) is 7.83. The zero-order valence-electron chi connectivity index (χ0n) is 13.0. The van der Waals surface area contributed by atoms with E-state index in [0.717, 1.165) is 16.6 Å². The first kappa shape index (κ1) is 14.8. The summed E-state index contributed by atoms with van der Waals surface area (Å²) in [5.74, 6) is 4.54. The first-order valence-electron chi connectivity index (χ1n) is 7.17. The van der Waals surface area contributed by atoms with Crippen LogP contribution in [0, 0.1) is 12.3 Å². The quantitative estimate of drug-likeness (QED) is 0.573. The van der Waals surface area contributed by atoms with E-state index >= 15 is 0 Å². The molecule has 3 aromatic rings. The number of nitrogens with two attached hydrogens (primary N) is 1. The third-order valence-electron chi connectivity index (χ3n) is 3.48. The predicted octanol–water partition coefficient (Wildman–Crippen LogP) is 3.22. The van der Waals surface area contributed by atoms with E-state index in [1.807, 2.05) is 37.3 Å². The third-order valence-corrected chi connectivity index (χ3v) is 3.48. The number of H-pyrrole nitrogens is 1. The number of rotatable bonds is 4. The molecule has 116 valence electrons. The molecule has 0 saturated heterocycles. The van der Waals surface area contributed by atoms with Crippen molar-refractivity contribution in [1.82, 2.24) is 9.97 Å². The molecule has 1 atom stereocenters. The van der Waals surface area contributed by atoms with E-state index in [0.29, 0.717) is 23.0 Å². The average molecular weight is 307 g/mol. The van der Waals surface area contributed by atoms with E-state index < -0.39 is 0 Å². The lowest BCUT2D eigenvalue weighted by molar-refractivity contribution is 0.277. The molecular weight excluding hydrogens is 290 g/mol. The van der Waals surface area contributed by atoms with E-state index in [1.165, 1.54) is 0 Å². The van der Waals surface area contributed by atoms with Crippen LogP contribution in [0.4, 0.5) is 5.69 Å². The van der Waals surface area contributed by atoms with Crippen molar-refractivity contribution in [2.75, 3.05) is 12.8 Å². The highest BCUT2D eigenvalue weighted by molar-refractivity contribution is 5.83. The van der Waals surface area contributed by atoms with Gasteiger partial charge in [0.2, 0.25) is 0 Å². The number of ether oxygens (including phenoxy) is 2. The number of nitrogens with zero attached hydrogens (tertiary/aromatic N) is 1. The molecule has 3 N–H and O–H groups in total. The second-order valence-electron chi connectivity index (χ2n) is 5.15. The van der Waals surface area contributed by atoms with Crippen LogP contribution in [0.15, 0.2) is 36.4 Å². The maximum Gasteiger partial charge on any atom is 0.156 e. The second-order valence-corrected chi connectivity index (χ2v) is 5.15. The molecule has 0 aliphatic carbocycles. The van der Waals surface area contributed by atoms with Crippen LogP contribution in [0.2, 0.25) is 0 Å². The molecule has 0 amide bonds. The summed E-state index contributed by atoms with van der Waals surface area (Å²) in [6.07, 6.45) is 5.03. The molecule has 1 unspecified atom stereocenters. The molecule has 0 spiro atoms. The Hall–Kier alpha value is -3.13. The normalized spacial score (nSPS) is 11.9. The van der Waals surface area contributed by atoms with Gasteiger partial charge in [0.15, 0.2) is 6.10 Å². The molecule has 5 nitrogen and oxygen atoms in total. The Morgan fingerprint density at radius 1 is 1.26 bits per heavy atom. The molecule has 23 heavy (non-hydrogen) atoms. The van der Waals surface area contributed by atoms with Crippen molar-refractivity contribution in [3.05, 3.63) is 36.4 Å². The van der Waals surface area contributed by atoms with Gasteiger partial charge in [-0.2, -0.15) is 0 Å². The number of hydrogen-bond donors (Lipinski definition) is 2. The van der Waals surface area contributed by atoms with Crippen LogP contribution < -0.4 is 15.2 Å². The fraction of sp³-hybridized carbons (Fsp3) is 0.167. The van der Waals surface area contributed by atoms with Gasteiger partial charge in [0.1, 0.15) is 17.3 Å². The molecule has 0 aliphatic rings. The van der Waals surface area contributed by atoms with Crippen molar-refractivity contribution in [1.29, 1.82) is 0 Å². The summed E-state index contributed by atoms with van der Waals surface area (Å²) in [5, 5.41) is 0. The summed E-state index contributed by atoms with van der Waals surface area (Å²) in [6.45, 7) is 1.81. The van der Waals surface area contributed by atoms with Crippen molar-refractivity contribution in [2.24, 2.45) is 0 Å². The molecule has 0 saturated carbocycles. The Morgan fingerprint density at radius 2 is 2.09 bits per heavy atom. The number of hydrogen-bond acceptors (Lipinski definition) is 4. The van der Waals surface area contributed by atoms with Crippen molar-refractivity contribution >= 4 is 16.7 Å². The van der Waals surface area contributed by atoms with Gasteiger partial charge in [0.25, 0.3) is 0 Å². The van der Waals surface area contributed by atoms with E-state index in [1.54, 1.807) is 13.2 Å². The fourth-order valence-corrected chi connectivity index (χ4v) is 2.33. The monoisotopic (exact) mass is 307 g/mol. The smallest absolute Gasteiger partial charge is 0.156 e. The number of fused-ring (bicyclic) bond motifs is 1. The third kappa shape index (κ3) is 2.92. The Bertz CT molecular complexity index is 893. The lowest BCUT2D eigenvalue weighted by Crippen LogP contribution is -2.08. The van der Waals surface area contributed by atoms with Gasteiger partial charge >= 0.3 is 0 Å². The van der Waals surface area contributed by atoms with Gasteiger partial charge in [-0.1, -0.05) is 5.92 Å². The van der Waals surface area contributed by atoms with Crippen molar-refractivity contribution in [3.8, 4) is 35.2 Å². The number of anilines is 1. The summed E-state index contributed by atoms with van der Waals surface area (Å²) in [6, 6.07) is 11.1. The topological polar surface area (TPSA) is 73.2 Å². The summed E-state index contributed by atoms with van der Waals surface area (Å²) in [7, 11) is 1.61. The van der Waals surface area contributed by atoms with Gasteiger partial charge in [0, 0.05) is 11.8 Å². The Morgan fingerprint density at radius 3 is 2.83 bits per heavy atom. The highest BCUT2D eigenvalue weighted by atomic mass is 16.5. The van der Waals surface area contributed by atoms with Crippen LogP contribution in [-0.2, 0) is 0 Å². The SMILES string of the molecule is C#CC(C)Oc1ccc(-c2nc3ccc(N)cc3[nH]2)c(OC)c1. The molecular formula is C18H17N3O2. The summed E-state index contributed by atoms with van der Waals surface area (Å²) in [5.41, 5.74) is 9.05. The van der Waals surface area contributed by atoms with E-state index in [-0.39, 0.29) is 6.10 Å². The second kappa shape index (κ2) is 5.93. The number of methoxy groups -OCH3 is 1. The summed E-state index contributed by atoms with van der Waals surface area (Å²) < 4.78 is 11.1. The van der Waals surface area contributed by atoms with Crippen molar-refractivity contribution < 1.29 is 9.47 Å². The number of nitrogen functional groups attached to an aromatic ring is 1. The molecule has 3 rings (SSSR count). The first-order valence-corrected chi connectivity index (χ1v) is 7.17. The molecule has 0 aliphatic heterocycles. The highest BCUT2D eigenvalue weighted by Gasteiger charge is 2.13. The standard InChI is InChI=1S/C18H17N3O2/c1-4-11(2)23-13-6-7-14(17(10-13)22-3)18-20-15-8-5-12(19)9-16(15)21-18/h1,5-11H,19H2,2-3H3,(H,20,21). The minimum absolute atomic E-state index is 0.306. The van der Waals surface area contributed by atoms with Gasteiger partial charge in [-0.05, 0) is 37.3 Å². The largest absolute Gasteiger partial charge is 0.496 e. The number of aromatic amines is 1. The Kier molecular flexibility index (Phi) is 3.82. The van der Waals surface area contributed by atoms with Gasteiger partial charge in [-0.15, -0.1) is 6.42 Å². The van der Waals surface area contributed by atoms with E-state index in [4.69, 9.17) is 21.6 Å². The maximum absolute atomic E-state index is 5.80. The van der Waals surface area contributed by atoms with Crippen LogP contribution in [0.5, 0.6) is 11.5 Å². The lowest BCUT2D eigenvalue weighted by Gasteiger charge is -2.12. The molecule has 0 bridgehead atoms. The van der Waals surface area contributed by atoms with Gasteiger partial charge in [-0.25, -0.2) is 4.98 Å². The predicted molar refractivity (Wildman–Crippen MR) is 91.4 cm³/mol. The number of terminal acetylenes is 1. The van der Waals surface area contributed by atoms with Crippen LogP contribution in [0.3, 0.4) is 0 Å². The average Bonchev–Trinajstić information content (AvgIpc) is 2.97. The molecule has 1 heterocycles. The number of aromatic nitrogens is 2. The lowest BCUT2D eigenvalue weighted by atomic mass is 10.2. The molecule has 0 fully saturated rings. The fourth-order valence-electron chi connectivity index (χ4n) is 2.33. The van der Waals surface area contributed by atoms with Crippen LogP contribution in [0.1, 0.15) is 6.92 Å². The van der Waals surface area contributed by atoms with Crippen LogP contribution in [0.25, 0.3) is 22.4 Å². The summed E-state index contributed by atoms with van der Waals surface area (Å²) >= 11 is 0. The molecule has 1 aromatic heterocycles. The Balaban J connectivity index is 2.02. The van der Waals surface area contributed by atoms with Crippen LogP contribution >= 0.6 is 0 Å². The van der Waals surface area contributed by atoms with E-state index in [9.17, 15) is 0 Å². The minimum atomic E-state index is -0.306. The Labute approximate surface area is 134 Å². The van der Waals surface area contributed by atoms with Crippen LogP contribution in [-0.4, -0.2) is 23.2 Å². The van der Waals surface area contributed by atoms with E-state index in [2.05, 4.69) is 15.9 Å². The molecule has 5 heteroatoms. The molecule has 2 aromatic carbocycles. The zero-order chi connectivity index (χ0) is 16.4. The molecule has 0 radical (unpaired) electrons. The highest BCUT2D eigenvalue weighted by Crippen LogP contribution is 2.33. The number of benzene rings is 2.